The molecular weight excluding hydrogens is 234 g/mol. The van der Waals surface area contributed by atoms with Gasteiger partial charge >= 0.3 is 0 Å². The van der Waals surface area contributed by atoms with Crippen LogP contribution in [0.2, 0.25) is 0 Å². The number of hydrogen-bond donors (Lipinski definition) is 2. The second kappa shape index (κ2) is 4.07. The molecule has 15 heavy (non-hydrogen) atoms. The van der Waals surface area contributed by atoms with Crippen LogP contribution in [0.5, 0.6) is 0 Å². The first-order valence-electron chi connectivity index (χ1n) is 4.72. The summed E-state index contributed by atoms with van der Waals surface area (Å²) in [7, 11) is -1.34. The Morgan fingerprint density at radius 3 is 2.93 bits per heavy atom. The van der Waals surface area contributed by atoms with E-state index in [1.807, 2.05) is 12.4 Å². The van der Waals surface area contributed by atoms with Crippen molar-refractivity contribution in [1.29, 1.82) is 0 Å². The SMILES string of the molecule is CNCc1csc(NS(=O)(=O)C2CC2)n1. The highest BCUT2D eigenvalue weighted by Crippen LogP contribution is 2.30. The Kier molecular flexibility index (Phi) is 2.94. The molecule has 0 aromatic carbocycles. The van der Waals surface area contributed by atoms with E-state index >= 15 is 0 Å². The molecular formula is C8H13N3O2S2. The predicted molar refractivity (Wildman–Crippen MR) is 60.4 cm³/mol. The Hall–Kier alpha value is -0.660. The molecule has 84 valence electrons. The molecule has 0 unspecified atom stereocenters. The molecule has 2 N–H and O–H groups in total. The van der Waals surface area contributed by atoms with E-state index in [1.54, 1.807) is 0 Å². The van der Waals surface area contributed by atoms with E-state index in [9.17, 15) is 8.42 Å². The summed E-state index contributed by atoms with van der Waals surface area (Å²) >= 11 is 1.32. The molecule has 1 aromatic rings. The summed E-state index contributed by atoms with van der Waals surface area (Å²) in [5.74, 6) is 0. The third kappa shape index (κ3) is 2.67. The summed E-state index contributed by atoms with van der Waals surface area (Å²) < 4.78 is 25.6. The van der Waals surface area contributed by atoms with Crippen LogP contribution < -0.4 is 10.0 Å². The van der Waals surface area contributed by atoms with E-state index in [2.05, 4.69) is 15.0 Å². The van der Waals surface area contributed by atoms with E-state index < -0.39 is 10.0 Å². The van der Waals surface area contributed by atoms with Gasteiger partial charge in [-0.25, -0.2) is 13.4 Å². The quantitative estimate of drug-likeness (QED) is 0.806. The number of hydrogen-bond acceptors (Lipinski definition) is 5. The van der Waals surface area contributed by atoms with Gasteiger partial charge < -0.3 is 5.32 Å². The summed E-state index contributed by atoms with van der Waals surface area (Å²) in [6.07, 6.45) is 1.54. The van der Waals surface area contributed by atoms with E-state index in [0.29, 0.717) is 11.7 Å². The Labute approximate surface area is 93.0 Å². The zero-order chi connectivity index (χ0) is 10.9. The molecule has 0 atom stereocenters. The van der Waals surface area contributed by atoms with Gasteiger partial charge in [-0.3, -0.25) is 4.72 Å². The number of aromatic nitrogens is 1. The molecule has 0 radical (unpaired) electrons. The number of nitrogens with one attached hydrogen (secondary N) is 2. The fourth-order valence-electron chi connectivity index (χ4n) is 1.20. The Morgan fingerprint density at radius 1 is 1.60 bits per heavy atom. The van der Waals surface area contributed by atoms with E-state index in [0.717, 1.165) is 18.5 Å². The third-order valence-corrected chi connectivity index (χ3v) is 4.87. The topological polar surface area (TPSA) is 71.1 Å². The van der Waals surface area contributed by atoms with Crippen LogP contribution in [0, 0.1) is 0 Å². The molecule has 1 aromatic heterocycles. The molecule has 0 amide bonds. The van der Waals surface area contributed by atoms with Crippen LogP contribution in [-0.2, 0) is 16.6 Å². The molecule has 2 rings (SSSR count). The predicted octanol–water partition coefficient (Wildman–Crippen LogP) is 0.767. The van der Waals surface area contributed by atoms with Crippen molar-refractivity contribution in [2.75, 3.05) is 11.8 Å². The monoisotopic (exact) mass is 247 g/mol. The standard InChI is InChI=1S/C8H13N3O2S2/c1-9-4-6-5-14-8(10-6)11-15(12,13)7-2-3-7/h5,7,9H,2-4H2,1H3,(H,10,11). The number of rotatable bonds is 5. The van der Waals surface area contributed by atoms with Crippen LogP contribution in [0.3, 0.4) is 0 Å². The summed E-state index contributed by atoms with van der Waals surface area (Å²) in [5, 5.41) is 5.08. The second-order valence-electron chi connectivity index (χ2n) is 3.52. The van der Waals surface area contributed by atoms with Crippen LogP contribution in [0.4, 0.5) is 5.13 Å². The van der Waals surface area contributed by atoms with Gasteiger partial charge in [-0.1, -0.05) is 0 Å². The zero-order valence-electron chi connectivity index (χ0n) is 8.36. The largest absolute Gasteiger partial charge is 0.314 e. The van der Waals surface area contributed by atoms with Crippen molar-refractivity contribution in [3.63, 3.8) is 0 Å². The summed E-state index contributed by atoms with van der Waals surface area (Å²) in [4.78, 5) is 4.16. The maximum absolute atomic E-state index is 11.6. The molecule has 1 saturated carbocycles. The van der Waals surface area contributed by atoms with Gasteiger partial charge in [0, 0.05) is 11.9 Å². The minimum atomic E-state index is -3.16. The van der Waals surface area contributed by atoms with Crippen LogP contribution in [-0.4, -0.2) is 25.7 Å². The molecule has 1 fully saturated rings. The van der Waals surface area contributed by atoms with Crippen LogP contribution in [0.25, 0.3) is 0 Å². The number of sulfonamides is 1. The first kappa shape index (κ1) is 10.8. The number of anilines is 1. The molecule has 0 bridgehead atoms. The Bertz CT molecular complexity index is 436. The van der Waals surface area contributed by atoms with Crippen molar-refractivity contribution < 1.29 is 8.42 Å². The smallest absolute Gasteiger partial charge is 0.237 e. The first-order chi connectivity index (χ1) is 7.12. The van der Waals surface area contributed by atoms with E-state index in [4.69, 9.17) is 0 Å². The maximum atomic E-state index is 11.6. The molecule has 1 aliphatic carbocycles. The van der Waals surface area contributed by atoms with Gasteiger partial charge in [0.05, 0.1) is 10.9 Å². The molecule has 0 spiro atoms. The average Bonchev–Trinajstić information content (AvgIpc) is 2.92. The number of nitrogens with zero attached hydrogens (tertiary/aromatic N) is 1. The lowest BCUT2D eigenvalue weighted by molar-refractivity contribution is 0.600. The van der Waals surface area contributed by atoms with Gasteiger partial charge in [-0.2, -0.15) is 0 Å². The fourth-order valence-corrected chi connectivity index (χ4v) is 3.51. The van der Waals surface area contributed by atoms with Gasteiger partial charge in [0.1, 0.15) is 0 Å². The van der Waals surface area contributed by atoms with Crippen molar-refractivity contribution in [3.8, 4) is 0 Å². The zero-order valence-corrected chi connectivity index (χ0v) is 9.99. The first-order valence-corrected chi connectivity index (χ1v) is 7.15. The van der Waals surface area contributed by atoms with Gasteiger partial charge in [-0.15, -0.1) is 11.3 Å². The Balaban J connectivity index is 2.04. The minimum absolute atomic E-state index is 0.200. The highest BCUT2D eigenvalue weighted by atomic mass is 32.2. The van der Waals surface area contributed by atoms with Crippen LogP contribution >= 0.6 is 11.3 Å². The average molecular weight is 247 g/mol. The fraction of sp³-hybridized carbons (Fsp3) is 0.625. The Morgan fingerprint density at radius 2 is 2.33 bits per heavy atom. The lowest BCUT2D eigenvalue weighted by Gasteiger charge is -2.01. The third-order valence-electron chi connectivity index (χ3n) is 2.10. The van der Waals surface area contributed by atoms with Crippen molar-refractivity contribution in [3.05, 3.63) is 11.1 Å². The maximum Gasteiger partial charge on any atom is 0.237 e. The highest BCUT2D eigenvalue weighted by molar-refractivity contribution is 7.93. The molecule has 1 heterocycles. The molecule has 5 nitrogen and oxygen atoms in total. The van der Waals surface area contributed by atoms with Crippen molar-refractivity contribution in [2.45, 2.75) is 24.6 Å². The van der Waals surface area contributed by atoms with E-state index in [1.165, 1.54) is 11.3 Å². The summed E-state index contributed by atoms with van der Waals surface area (Å²) in [6.45, 7) is 0.654. The van der Waals surface area contributed by atoms with Gasteiger partial charge in [0.2, 0.25) is 10.0 Å². The van der Waals surface area contributed by atoms with Crippen molar-refractivity contribution >= 4 is 26.5 Å². The summed E-state index contributed by atoms with van der Waals surface area (Å²) in [6, 6.07) is 0. The van der Waals surface area contributed by atoms with Crippen LogP contribution in [0.1, 0.15) is 18.5 Å². The second-order valence-corrected chi connectivity index (χ2v) is 6.34. The molecule has 1 aliphatic rings. The van der Waals surface area contributed by atoms with E-state index in [-0.39, 0.29) is 5.25 Å². The number of thiazole rings is 1. The van der Waals surface area contributed by atoms with Crippen molar-refractivity contribution in [1.82, 2.24) is 10.3 Å². The summed E-state index contributed by atoms with van der Waals surface area (Å²) in [5.41, 5.74) is 0.857. The minimum Gasteiger partial charge on any atom is -0.314 e. The molecule has 0 aliphatic heterocycles. The lowest BCUT2D eigenvalue weighted by Crippen LogP contribution is -2.17. The molecule has 7 heteroatoms. The lowest BCUT2D eigenvalue weighted by atomic mass is 10.5. The highest BCUT2D eigenvalue weighted by Gasteiger charge is 2.36. The van der Waals surface area contributed by atoms with Crippen LogP contribution in [0.15, 0.2) is 5.38 Å². The van der Waals surface area contributed by atoms with Gasteiger partial charge in [0.25, 0.3) is 0 Å². The van der Waals surface area contributed by atoms with Crippen molar-refractivity contribution in [2.24, 2.45) is 0 Å². The normalized spacial score (nSPS) is 16.6. The van der Waals surface area contributed by atoms with Gasteiger partial charge in [0.15, 0.2) is 5.13 Å². The van der Waals surface area contributed by atoms with Gasteiger partial charge in [-0.05, 0) is 19.9 Å². The molecule has 0 saturated heterocycles.